The molecule has 0 aliphatic carbocycles. The number of amides is 1. The van der Waals surface area contributed by atoms with Crippen LogP contribution in [0.2, 0.25) is 5.02 Å². The number of halogens is 1. The van der Waals surface area contributed by atoms with Crippen molar-refractivity contribution in [1.82, 2.24) is 14.3 Å². The van der Waals surface area contributed by atoms with Crippen molar-refractivity contribution in [1.29, 1.82) is 0 Å². The SMILES string of the molecule is O=C1NCCC12CCN(c1c(Cl)cncc1-c1cn(S(=O)(=O)c3ccccc3)c3ccccc13)CC2. The molecule has 0 unspecified atom stereocenters. The molecule has 9 heteroatoms. The third-order valence-corrected chi connectivity index (χ3v) is 9.51. The van der Waals surface area contributed by atoms with Crippen molar-refractivity contribution in [3.8, 4) is 11.1 Å². The summed E-state index contributed by atoms with van der Waals surface area (Å²) in [4.78, 5) is 19.3. The number of piperidine rings is 1. The van der Waals surface area contributed by atoms with Crippen LogP contribution in [0.3, 0.4) is 0 Å². The summed E-state index contributed by atoms with van der Waals surface area (Å²) in [6.45, 7) is 2.10. The molecule has 2 aliphatic heterocycles. The molecule has 4 heterocycles. The highest BCUT2D eigenvalue weighted by molar-refractivity contribution is 7.90. The van der Waals surface area contributed by atoms with Crippen LogP contribution in [0.5, 0.6) is 0 Å². The number of carbonyl (C=O) groups is 1. The van der Waals surface area contributed by atoms with Gasteiger partial charge in [-0.1, -0.05) is 48.0 Å². The fourth-order valence-electron chi connectivity index (χ4n) is 5.57. The number of rotatable bonds is 4. The van der Waals surface area contributed by atoms with E-state index in [4.69, 9.17) is 11.6 Å². The average Bonchev–Trinajstić information content (AvgIpc) is 3.46. The van der Waals surface area contributed by atoms with Gasteiger partial charge in [-0.05, 0) is 37.5 Å². The van der Waals surface area contributed by atoms with E-state index in [0.717, 1.165) is 48.0 Å². The van der Waals surface area contributed by atoms with E-state index in [2.05, 4.69) is 15.2 Å². The van der Waals surface area contributed by atoms with Gasteiger partial charge in [0, 0.05) is 54.7 Å². The van der Waals surface area contributed by atoms with Gasteiger partial charge in [0.05, 0.1) is 26.5 Å². The average molecular weight is 521 g/mol. The van der Waals surface area contributed by atoms with Gasteiger partial charge in [0.2, 0.25) is 5.91 Å². The minimum absolute atomic E-state index is 0.150. The Labute approximate surface area is 214 Å². The molecule has 7 nitrogen and oxygen atoms in total. The van der Waals surface area contributed by atoms with Gasteiger partial charge in [-0.25, -0.2) is 12.4 Å². The number of nitrogens with one attached hydrogen (secondary N) is 1. The molecule has 4 aromatic rings. The second-order valence-electron chi connectivity index (χ2n) is 9.46. The molecule has 0 atom stereocenters. The van der Waals surface area contributed by atoms with E-state index < -0.39 is 10.0 Å². The highest BCUT2D eigenvalue weighted by Gasteiger charge is 2.44. The summed E-state index contributed by atoms with van der Waals surface area (Å²) in [5.41, 5.74) is 2.62. The number of hydrogen-bond acceptors (Lipinski definition) is 5. The molecule has 0 bridgehead atoms. The lowest BCUT2D eigenvalue weighted by Gasteiger charge is -2.39. The Balaban J connectivity index is 1.47. The molecule has 36 heavy (non-hydrogen) atoms. The zero-order chi connectivity index (χ0) is 24.9. The van der Waals surface area contributed by atoms with Crippen LogP contribution in [-0.4, -0.2) is 42.9 Å². The molecule has 2 saturated heterocycles. The van der Waals surface area contributed by atoms with Crippen molar-refractivity contribution in [2.75, 3.05) is 24.5 Å². The fraction of sp³-hybridized carbons (Fsp3) is 0.259. The number of pyridine rings is 1. The first-order chi connectivity index (χ1) is 17.4. The lowest BCUT2D eigenvalue weighted by atomic mass is 9.77. The maximum atomic E-state index is 13.6. The van der Waals surface area contributed by atoms with Gasteiger partial charge in [0.25, 0.3) is 10.0 Å². The van der Waals surface area contributed by atoms with Crippen molar-refractivity contribution >= 4 is 44.1 Å². The van der Waals surface area contributed by atoms with Crippen LogP contribution in [0, 0.1) is 5.41 Å². The van der Waals surface area contributed by atoms with Crippen LogP contribution in [0.15, 0.2) is 78.1 Å². The van der Waals surface area contributed by atoms with E-state index in [1.54, 1.807) is 55.0 Å². The topological polar surface area (TPSA) is 84.3 Å². The van der Waals surface area contributed by atoms with Crippen LogP contribution in [0.4, 0.5) is 5.69 Å². The predicted molar refractivity (Wildman–Crippen MR) is 141 cm³/mol. The van der Waals surface area contributed by atoms with Gasteiger partial charge < -0.3 is 10.2 Å². The first-order valence-electron chi connectivity index (χ1n) is 12.0. The highest BCUT2D eigenvalue weighted by atomic mass is 35.5. The lowest BCUT2D eigenvalue weighted by molar-refractivity contribution is -0.128. The molecule has 184 valence electrons. The normalized spacial score (nSPS) is 17.6. The smallest absolute Gasteiger partial charge is 0.268 e. The van der Waals surface area contributed by atoms with Crippen LogP contribution in [0.1, 0.15) is 19.3 Å². The molecule has 1 N–H and O–H groups in total. The number of hydrogen-bond donors (Lipinski definition) is 1. The summed E-state index contributed by atoms with van der Waals surface area (Å²) < 4.78 is 28.5. The van der Waals surface area contributed by atoms with Crippen molar-refractivity contribution in [3.05, 3.63) is 78.2 Å². The molecule has 2 aromatic carbocycles. The van der Waals surface area contributed by atoms with Gasteiger partial charge in [-0.3, -0.25) is 9.78 Å². The second kappa shape index (κ2) is 8.64. The first kappa shape index (κ1) is 23.1. The standard InChI is InChI=1S/C27H25ClN4O3S/c28-23-17-29-16-21(25(23)31-14-11-27(12-15-31)10-13-30-26(27)33)22-18-32(24-9-5-4-8-20(22)24)36(34,35)19-6-2-1-3-7-19/h1-9,16-18H,10-15H2,(H,30,33). The van der Waals surface area contributed by atoms with E-state index in [1.807, 2.05) is 18.2 Å². The Morgan fingerprint density at radius 3 is 2.36 bits per heavy atom. The molecule has 0 radical (unpaired) electrons. The molecule has 2 fully saturated rings. The van der Waals surface area contributed by atoms with Gasteiger partial charge >= 0.3 is 0 Å². The molecule has 2 aliphatic rings. The van der Waals surface area contributed by atoms with E-state index in [-0.39, 0.29) is 16.2 Å². The summed E-state index contributed by atoms with van der Waals surface area (Å²) in [5.74, 6) is 0.150. The van der Waals surface area contributed by atoms with Crippen LogP contribution in [0.25, 0.3) is 22.0 Å². The molecular weight excluding hydrogens is 496 g/mol. The van der Waals surface area contributed by atoms with E-state index in [9.17, 15) is 13.2 Å². The molecule has 0 saturated carbocycles. The molecule has 6 rings (SSSR count). The Kier molecular flexibility index (Phi) is 5.53. The van der Waals surface area contributed by atoms with Crippen LogP contribution in [-0.2, 0) is 14.8 Å². The molecule has 2 aromatic heterocycles. The van der Waals surface area contributed by atoms with Gasteiger partial charge in [-0.2, -0.15) is 0 Å². The van der Waals surface area contributed by atoms with Crippen LogP contribution >= 0.6 is 11.6 Å². The zero-order valence-electron chi connectivity index (χ0n) is 19.5. The minimum Gasteiger partial charge on any atom is -0.370 e. The van der Waals surface area contributed by atoms with E-state index in [0.29, 0.717) is 23.6 Å². The molecule has 1 spiro atoms. The Morgan fingerprint density at radius 1 is 0.917 bits per heavy atom. The maximum absolute atomic E-state index is 13.6. The predicted octanol–water partition coefficient (Wildman–Crippen LogP) is 4.70. The van der Waals surface area contributed by atoms with Gasteiger partial charge in [0.1, 0.15) is 0 Å². The largest absolute Gasteiger partial charge is 0.370 e. The van der Waals surface area contributed by atoms with Crippen molar-refractivity contribution < 1.29 is 13.2 Å². The van der Waals surface area contributed by atoms with Gasteiger partial charge in [-0.15, -0.1) is 0 Å². The van der Waals surface area contributed by atoms with E-state index >= 15 is 0 Å². The molecular formula is C27H25ClN4O3S. The summed E-state index contributed by atoms with van der Waals surface area (Å²) in [5, 5.41) is 4.28. The number of anilines is 1. The highest BCUT2D eigenvalue weighted by Crippen LogP contribution is 2.45. The monoisotopic (exact) mass is 520 g/mol. The summed E-state index contributed by atoms with van der Waals surface area (Å²) >= 11 is 6.73. The Bertz CT molecular complexity index is 1580. The van der Waals surface area contributed by atoms with Crippen LogP contribution < -0.4 is 10.2 Å². The third kappa shape index (κ3) is 3.59. The summed E-state index contributed by atoms with van der Waals surface area (Å²) in [6, 6.07) is 15.9. The van der Waals surface area contributed by atoms with Crippen molar-refractivity contribution in [3.63, 3.8) is 0 Å². The van der Waals surface area contributed by atoms with E-state index in [1.165, 1.54) is 3.97 Å². The molecule has 1 amide bonds. The summed E-state index contributed by atoms with van der Waals surface area (Å²) in [7, 11) is -3.82. The zero-order valence-corrected chi connectivity index (χ0v) is 21.1. The number of nitrogens with zero attached hydrogens (tertiary/aromatic N) is 3. The van der Waals surface area contributed by atoms with Crippen molar-refractivity contribution in [2.24, 2.45) is 5.41 Å². The first-order valence-corrected chi connectivity index (χ1v) is 13.8. The quantitative estimate of drug-likeness (QED) is 0.421. The lowest BCUT2D eigenvalue weighted by Crippen LogP contribution is -2.44. The summed E-state index contributed by atoms with van der Waals surface area (Å²) in [6.07, 6.45) is 7.39. The fourth-order valence-corrected chi connectivity index (χ4v) is 7.24. The number of fused-ring (bicyclic) bond motifs is 1. The Hall–Kier alpha value is -3.36. The third-order valence-electron chi connectivity index (χ3n) is 7.55. The maximum Gasteiger partial charge on any atom is 0.268 e. The second-order valence-corrected chi connectivity index (χ2v) is 11.7. The minimum atomic E-state index is -3.82. The van der Waals surface area contributed by atoms with Crippen molar-refractivity contribution in [2.45, 2.75) is 24.2 Å². The Morgan fingerprint density at radius 2 is 1.64 bits per heavy atom. The number of carbonyl (C=O) groups excluding carboxylic acids is 1. The van der Waals surface area contributed by atoms with Gasteiger partial charge in [0.15, 0.2) is 0 Å². The number of benzene rings is 2. The number of aromatic nitrogens is 2. The number of para-hydroxylation sites is 1.